The van der Waals surface area contributed by atoms with E-state index in [4.69, 9.17) is 16.0 Å². The summed E-state index contributed by atoms with van der Waals surface area (Å²) < 4.78 is 27.8. The van der Waals surface area contributed by atoms with Crippen LogP contribution in [0.5, 0.6) is 0 Å². The van der Waals surface area contributed by atoms with Crippen molar-refractivity contribution in [1.29, 1.82) is 0 Å². The molecule has 2 aliphatic heterocycles. The fraction of sp³-hybridized carbons (Fsp3) is 0.400. The number of halogens is 1. The first-order valence-corrected chi connectivity index (χ1v) is 9.30. The maximum absolute atomic E-state index is 12.6. The van der Waals surface area contributed by atoms with Gasteiger partial charge in [-0.3, -0.25) is 4.79 Å². The molecular weight excluding hydrogens is 326 g/mol. The highest BCUT2D eigenvalue weighted by Gasteiger charge is 2.45. The maximum Gasteiger partial charge on any atom is 0.254 e. The Balaban J connectivity index is 1.49. The van der Waals surface area contributed by atoms with E-state index in [1.54, 1.807) is 23.1 Å². The van der Waals surface area contributed by atoms with Gasteiger partial charge in [0.05, 0.1) is 28.4 Å². The molecule has 0 saturated carbocycles. The number of likely N-dealkylation sites (tertiary alicyclic amines) is 1. The molecule has 1 aromatic carbocycles. The smallest absolute Gasteiger partial charge is 0.254 e. The van der Waals surface area contributed by atoms with E-state index >= 15 is 0 Å². The predicted octanol–water partition coefficient (Wildman–Crippen LogP) is 2.20. The molecule has 0 spiro atoms. The largest absolute Gasteiger partial charge is 0.463 e. The number of furan rings is 1. The molecule has 3 heterocycles. The van der Waals surface area contributed by atoms with Crippen LogP contribution < -0.4 is 0 Å². The summed E-state index contributed by atoms with van der Waals surface area (Å²) in [5.74, 6) is 1.01. The summed E-state index contributed by atoms with van der Waals surface area (Å²) in [5.41, 5.74) is 1.10. The van der Waals surface area contributed by atoms with E-state index in [0.29, 0.717) is 40.6 Å². The van der Waals surface area contributed by atoms with Crippen LogP contribution in [-0.4, -0.2) is 43.8 Å². The monoisotopic (exact) mass is 339 g/mol. The van der Waals surface area contributed by atoms with Gasteiger partial charge in [0, 0.05) is 18.5 Å². The molecule has 5 nitrogen and oxygen atoms in total. The Morgan fingerprint density at radius 3 is 2.59 bits per heavy atom. The predicted molar refractivity (Wildman–Crippen MR) is 82.8 cm³/mol. The van der Waals surface area contributed by atoms with Crippen molar-refractivity contribution >= 4 is 38.3 Å². The zero-order valence-corrected chi connectivity index (χ0v) is 13.2. The number of carbonyl (C=O) groups excluding carboxylic acids is 1. The molecule has 2 saturated heterocycles. The number of nitrogens with zero attached hydrogens (tertiary/aromatic N) is 1. The van der Waals surface area contributed by atoms with E-state index in [0.717, 1.165) is 0 Å². The van der Waals surface area contributed by atoms with Gasteiger partial charge in [-0.05, 0) is 30.0 Å². The Kier molecular flexibility index (Phi) is 3.03. The lowest BCUT2D eigenvalue weighted by atomic mass is 9.87. The van der Waals surface area contributed by atoms with Crippen molar-refractivity contribution in [3.05, 3.63) is 35.0 Å². The molecule has 2 fully saturated rings. The van der Waals surface area contributed by atoms with Crippen LogP contribution in [0.1, 0.15) is 10.4 Å². The number of sulfone groups is 1. The minimum Gasteiger partial charge on any atom is -0.463 e. The minimum absolute atomic E-state index is 0.0542. The summed E-state index contributed by atoms with van der Waals surface area (Å²) in [6.07, 6.45) is 1.52. The Morgan fingerprint density at radius 1 is 1.18 bits per heavy atom. The number of hydrogen-bond donors (Lipinski definition) is 0. The molecular formula is C15H14ClNO4S. The number of rotatable bonds is 2. The second-order valence-electron chi connectivity index (χ2n) is 6.07. The Hall–Kier alpha value is -1.53. The van der Waals surface area contributed by atoms with Gasteiger partial charge in [-0.2, -0.15) is 0 Å². The fourth-order valence-corrected chi connectivity index (χ4v) is 5.20. The topological polar surface area (TPSA) is 67.6 Å². The van der Waals surface area contributed by atoms with Gasteiger partial charge in [-0.1, -0.05) is 11.6 Å². The molecule has 2 aliphatic rings. The van der Waals surface area contributed by atoms with Crippen LogP contribution in [0.3, 0.4) is 0 Å². The highest BCUT2D eigenvalue weighted by molar-refractivity contribution is 7.92. The lowest BCUT2D eigenvalue weighted by Crippen LogP contribution is -2.57. The van der Waals surface area contributed by atoms with Crippen molar-refractivity contribution in [2.24, 2.45) is 11.8 Å². The lowest BCUT2D eigenvalue weighted by molar-refractivity contribution is 0.0401. The number of amides is 1. The second kappa shape index (κ2) is 4.73. The normalized spacial score (nSPS) is 21.6. The molecule has 0 atom stereocenters. The van der Waals surface area contributed by atoms with Gasteiger partial charge >= 0.3 is 0 Å². The average molecular weight is 340 g/mol. The van der Waals surface area contributed by atoms with Gasteiger partial charge in [0.15, 0.2) is 15.4 Å². The summed E-state index contributed by atoms with van der Waals surface area (Å²) in [4.78, 5) is 14.3. The number of carbonyl (C=O) groups is 1. The lowest BCUT2D eigenvalue weighted by Gasteiger charge is -2.46. The molecule has 0 unspecified atom stereocenters. The molecule has 22 heavy (non-hydrogen) atoms. The van der Waals surface area contributed by atoms with Gasteiger partial charge < -0.3 is 9.32 Å². The van der Waals surface area contributed by atoms with Gasteiger partial charge in [0.2, 0.25) is 0 Å². The van der Waals surface area contributed by atoms with Crippen LogP contribution in [-0.2, 0) is 9.84 Å². The van der Waals surface area contributed by atoms with Crippen molar-refractivity contribution in [2.45, 2.75) is 0 Å². The van der Waals surface area contributed by atoms with Crippen molar-refractivity contribution < 1.29 is 17.6 Å². The van der Waals surface area contributed by atoms with Crippen LogP contribution in [0.4, 0.5) is 0 Å². The van der Waals surface area contributed by atoms with Crippen LogP contribution in [0.15, 0.2) is 28.9 Å². The van der Waals surface area contributed by atoms with Crippen LogP contribution in [0.2, 0.25) is 5.02 Å². The van der Waals surface area contributed by atoms with E-state index in [-0.39, 0.29) is 23.3 Å². The second-order valence-corrected chi connectivity index (χ2v) is 8.63. The van der Waals surface area contributed by atoms with Gasteiger partial charge in [0.1, 0.15) is 0 Å². The Labute approximate surface area is 132 Å². The maximum atomic E-state index is 12.6. The number of hydrogen-bond acceptors (Lipinski definition) is 4. The molecule has 0 radical (unpaired) electrons. The van der Waals surface area contributed by atoms with Gasteiger partial charge in [0.25, 0.3) is 5.91 Å². The zero-order valence-electron chi connectivity index (χ0n) is 11.7. The zero-order chi connectivity index (χ0) is 15.5. The molecule has 4 rings (SSSR count). The minimum atomic E-state index is -2.80. The number of benzene rings is 1. The summed E-state index contributed by atoms with van der Waals surface area (Å²) in [7, 11) is -2.80. The summed E-state index contributed by atoms with van der Waals surface area (Å²) in [6.45, 7) is 1.25. The molecule has 2 aromatic rings. The van der Waals surface area contributed by atoms with Gasteiger partial charge in [-0.25, -0.2) is 8.42 Å². The van der Waals surface area contributed by atoms with E-state index in [2.05, 4.69) is 0 Å². The van der Waals surface area contributed by atoms with Crippen LogP contribution in [0, 0.1) is 11.8 Å². The highest BCUT2D eigenvalue weighted by atomic mass is 35.5. The SMILES string of the molecule is O=C(c1ccc(Cl)c2occc12)N1CC(C2CS(=O)(=O)C2)C1. The Bertz CT molecular complexity index is 855. The van der Waals surface area contributed by atoms with Crippen molar-refractivity contribution in [3.63, 3.8) is 0 Å². The molecule has 1 aromatic heterocycles. The summed E-state index contributed by atoms with van der Waals surface area (Å²) in [6, 6.07) is 5.12. The van der Waals surface area contributed by atoms with Crippen molar-refractivity contribution in [2.75, 3.05) is 24.6 Å². The third-order valence-electron chi connectivity index (χ3n) is 4.60. The van der Waals surface area contributed by atoms with Crippen molar-refractivity contribution in [3.8, 4) is 0 Å². The first kappa shape index (κ1) is 14.1. The van der Waals surface area contributed by atoms with Crippen molar-refractivity contribution in [1.82, 2.24) is 4.90 Å². The third-order valence-corrected chi connectivity index (χ3v) is 6.77. The standard InChI is InChI=1S/C15H14ClNO4S/c16-13-2-1-12(11-3-4-21-14(11)13)15(18)17-5-9(6-17)10-7-22(19,20)8-10/h1-4,9-10H,5-8H2. The third kappa shape index (κ3) is 2.13. The van der Waals surface area contributed by atoms with Crippen LogP contribution in [0.25, 0.3) is 11.0 Å². The summed E-state index contributed by atoms with van der Waals surface area (Å²) >= 11 is 6.04. The fourth-order valence-electron chi connectivity index (χ4n) is 3.24. The van der Waals surface area contributed by atoms with Gasteiger partial charge in [-0.15, -0.1) is 0 Å². The summed E-state index contributed by atoms with van der Waals surface area (Å²) in [5, 5.41) is 1.20. The van der Waals surface area contributed by atoms with E-state index in [1.807, 2.05) is 0 Å². The number of fused-ring (bicyclic) bond motifs is 1. The first-order valence-electron chi connectivity index (χ1n) is 7.10. The van der Waals surface area contributed by atoms with E-state index < -0.39 is 9.84 Å². The van der Waals surface area contributed by atoms with E-state index in [9.17, 15) is 13.2 Å². The highest BCUT2D eigenvalue weighted by Crippen LogP contribution is 2.35. The molecule has 0 bridgehead atoms. The molecule has 7 heteroatoms. The first-order chi connectivity index (χ1) is 10.4. The average Bonchev–Trinajstić information content (AvgIpc) is 2.85. The molecule has 0 aliphatic carbocycles. The molecule has 0 N–H and O–H groups in total. The molecule has 116 valence electrons. The molecule has 1 amide bonds. The quantitative estimate of drug-likeness (QED) is 0.841. The van der Waals surface area contributed by atoms with Crippen LogP contribution >= 0.6 is 11.6 Å². The van der Waals surface area contributed by atoms with E-state index in [1.165, 1.54) is 6.26 Å². The Morgan fingerprint density at radius 2 is 1.91 bits per heavy atom.